The first-order chi connectivity index (χ1) is 7.63. The second kappa shape index (κ2) is 6.61. The van der Waals surface area contributed by atoms with Crippen molar-refractivity contribution in [3.05, 3.63) is 28.8 Å². The van der Waals surface area contributed by atoms with Gasteiger partial charge in [0.15, 0.2) is 6.61 Å². The highest BCUT2D eigenvalue weighted by atomic mass is 127. The molecule has 1 rings (SSSR count). The third kappa shape index (κ3) is 4.29. The molecule has 0 fully saturated rings. The van der Waals surface area contributed by atoms with Gasteiger partial charge in [0.05, 0.1) is 0 Å². The number of carbonyl (C=O) groups is 1. The summed E-state index contributed by atoms with van der Waals surface area (Å²) < 4.78 is 12.2. The SMILES string of the molecule is Cc1cc(Cl)ccc1OC(=O)OCC#CI. The molecule has 0 aliphatic rings. The maximum absolute atomic E-state index is 11.2. The van der Waals surface area contributed by atoms with Gasteiger partial charge in [-0.3, -0.25) is 0 Å². The normalized spacial score (nSPS) is 8.94. The first-order valence-corrected chi connectivity index (χ1v) is 5.78. The minimum atomic E-state index is -0.774. The van der Waals surface area contributed by atoms with Crippen molar-refractivity contribution in [1.82, 2.24) is 0 Å². The number of halogens is 2. The molecule has 0 amide bonds. The fourth-order valence-electron chi connectivity index (χ4n) is 0.969. The summed E-state index contributed by atoms with van der Waals surface area (Å²) in [7, 11) is 0. The standard InChI is InChI=1S/C11H8ClIO3/c1-8-7-9(12)3-4-10(8)16-11(14)15-6-2-5-13/h3-4,7H,6H2,1H3. The van der Waals surface area contributed by atoms with Crippen molar-refractivity contribution in [1.29, 1.82) is 0 Å². The lowest BCUT2D eigenvalue weighted by Gasteiger charge is -2.06. The second-order valence-corrected chi connectivity index (χ2v) is 3.80. The maximum atomic E-state index is 11.2. The lowest BCUT2D eigenvalue weighted by atomic mass is 10.2. The summed E-state index contributed by atoms with van der Waals surface area (Å²) in [5.41, 5.74) is 0.768. The zero-order chi connectivity index (χ0) is 12.0. The average molecular weight is 351 g/mol. The molecule has 0 aliphatic heterocycles. The van der Waals surface area contributed by atoms with Crippen LogP contribution in [0.15, 0.2) is 18.2 Å². The number of benzene rings is 1. The number of aryl methyl sites for hydroxylation is 1. The Morgan fingerprint density at radius 2 is 2.31 bits per heavy atom. The summed E-state index contributed by atoms with van der Waals surface area (Å²) >= 11 is 7.62. The van der Waals surface area contributed by atoms with Gasteiger partial charge in [0.2, 0.25) is 0 Å². The van der Waals surface area contributed by atoms with E-state index in [0.717, 1.165) is 5.56 Å². The molecule has 0 radical (unpaired) electrons. The Hall–Kier alpha value is -0.930. The molecule has 0 heterocycles. The van der Waals surface area contributed by atoms with Gasteiger partial charge < -0.3 is 9.47 Å². The zero-order valence-corrected chi connectivity index (χ0v) is 11.3. The van der Waals surface area contributed by atoms with Crippen molar-refractivity contribution in [2.75, 3.05) is 6.61 Å². The van der Waals surface area contributed by atoms with Crippen LogP contribution in [0.4, 0.5) is 4.79 Å². The fourth-order valence-corrected chi connectivity index (χ4v) is 1.35. The van der Waals surface area contributed by atoms with Crippen molar-refractivity contribution in [3.8, 4) is 15.6 Å². The molecular formula is C11H8ClIO3. The molecule has 0 saturated carbocycles. The molecule has 1 aromatic carbocycles. The Bertz CT molecular complexity index is 448. The number of carbonyl (C=O) groups excluding carboxylic acids is 1. The van der Waals surface area contributed by atoms with Crippen molar-refractivity contribution in [2.45, 2.75) is 6.92 Å². The van der Waals surface area contributed by atoms with Gasteiger partial charge in [0, 0.05) is 27.6 Å². The monoisotopic (exact) mass is 350 g/mol. The van der Waals surface area contributed by atoms with Gasteiger partial charge in [-0.1, -0.05) is 17.5 Å². The number of hydrogen-bond acceptors (Lipinski definition) is 3. The molecule has 0 aromatic heterocycles. The Balaban J connectivity index is 2.58. The summed E-state index contributed by atoms with van der Waals surface area (Å²) in [6.07, 6.45) is -0.774. The van der Waals surface area contributed by atoms with Crippen LogP contribution in [-0.4, -0.2) is 12.8 Å². The Labute approximate surface area is 112 Å². The van der Waals surface area contributed by atoms with Gasteiger partial charge in [0.1, 0.15) is 5.75 Å². The molecule has 0 spiro atoms. The molecule has 5 heteroatoms. The van der Waals surface area contributed by atoms with E-state index in [2.05, 4.69) is 9.85 Å². The number of hydrogen-bond donors (Lipinski definition) is 0. The van der Waals surface area contributed by atoms with Crippen LogP contribution in [0.25, 0.3) is 0 Å². The van der Waals surface area contributed by atoms with Gasteiger partial charge in [-0.15, -0.1) is 0 Å². The maximum Gasteiger partial charge on any atom is 0.514 e. The molecule has 3 nitrogen and oxygen atoms in total. The number of rotatable bonds is 2. The minimum absolute atomic E-state index is 0.0222. The van der Waals surface area contributed by atoms with E-state index in [4.69, 9.17) is 21.1 Å². The van der Waals surface area contributed by atoms with Crippen LogP contribution in [0.5, 0.6) is 5.75 Å². The molecule has 16 heavy (non-hydrogen) atoms. The third-order valence-corrected chi connectivity index (χ3v) is 2.28. The number of ether oxygens (including phenoxy) is 2. The van der Waals surface area contributed by atoms with E-state index in [9.17, 15) is 4.79 Å². The van der Waals surface area contributed by atoms with Crippen molar-refractivity contribution in [3.63, 3.8) is 0 Å². The molecule has 0 N–H and O–H groups in total. The Kier molecular flexibility index (Phi) is 5.43. The molecular weight excluding hydrogens is 342 g/mol. The van der Waals surface area contributed by atoms with Crippen molar-refractivity contribution in [2.24, 2.45) is 0 Å². The van der Waals surface area contributed by atoms with Crippen LogP contribution in [0.3, 0.4) is 0 Å². The van der Waals surface area contributed by atoms with E-state index in [0.29, 0.717) is 10.8 Å². The molecule has 0 aliphatic carbocycles. The summed E-state index contributed by atoms with van der Waals surface area (Å²) in [5.74, 6) is 3.01. The van der Waals surface area contributed by atoms with Crippen LogP contribution in [0.1, 0.15) is 5.56 Å². The minimum Gasteiger partial charge on any atom is -0.421 e. The van der Waals surface area contributed by atoms with E-state index in [-0.39, 0.29) is 6.61 Å². The zero-order valence-electron chi connectivity index (χ0n) is 8.42. The van der Waals surface area contributed by atoms with Gasteiger partial charge >= 0.3 is 6.16 Å². The summed E-state index contributed by atoms with van der Waals surface area (Å²) in [4.78, 5) is 11.2. The first kappa shape index (κ1) is 13.1. The lowest BCUT2D eigenvalue weighted by Crippen LogP contribution is -2.11. The van der Waals surface area contributed by atoms with Crippen molar-refractivity contribution < 1.29 is 14.3 Å². The highest BCUT2D eigenvalue weighted by molar-refractivity contribution is 14.1. The lowest BCUT2D eigenvalue weighted by molar-refractivity contribution is 0.111. The molecule has 1 aromatic rings. The predicted octanol–water partition coefficient (Wildman–Crippen LogP) is 3.56. The third-order valence-electron chi connectivity index (χ3n) is 1.66. The van der Waals surface area contributed by atoms with Crippen LogP contribution in [-0.2, 0) is 4.74 Å². The van der Waals surface area contributed by atoms with Crippen LogP contribution in [0.2, 0.25) is 5.02 Å². The Morgan fingerprint density at radius 1 is 1.56 bits per heavy atom. The van der Waals surface area contributed by atoms with Crippen LogP contribution < -0.4 is 4.74 Å². The van der Waals surface area contributed by atoms with Gasteiger partial charge in [-0.05, 0) is 34.6 Å². The van der Waals surface area contributed by atoms with Crippen LogP contribution in [0, 0.1) is 16.8 Å². The highest BCUT2D eigenvalue weighted by Gasteiger charge is 2.07. The molecule has 0 saturated heterocycles. The van der Waals surface area contributed by atoms with Crippen LogP contribution >= 0.6 is 34.2 Å². The second-order valence-electron chi connectivity index (χ2n) is 2.82. The highest BCUT2D eigenvalue weighted by Crippen LogP contribution is 2.21. The van der Waals surface area contributed by atoms with Gasteiger partial charge in [0.25, 0.3) is 0 Å². The molecule has 84 valence electrons. The molecule has 0 bridgehead atoms. The van der Waals surface area contributed by atoms with E-state index in [1.807, 2.05) is 22.6 Å². The van der Waals surface area contributed by atoms with E-state index in [1.54, 1.807) is 25.1 Å². The largest absolute Gasteiger partial charge is 0.514 e. The van der Waals surface area contributed by atoms with E-state index in [1.165, 1.54) is 0 Å². The molecule has 0 unspecified atom stereocenters. The fraction of sp³-hybridized carbons (Fsp3) is 0.182. The quantitative estimate of drug-likeness (QED) is 0.354. The van der Waals surface area contributed by atoms with Gasteiger partial charge in [-0.25, -0.2) is 4.79 Å². The van der Waals surface area contributed by atoms with E-state index < -0.39 is 6.16 Å². The Morgan fingerprint density at radius 3 is 2.94 bits per heavy atom. The van der Waals surface area contributed by atoms with E-state index >= 15 is 0 Å². The van der Waals surface area contributed by atoms with Gasteiger partial charge in [-0.2, -0.15) is 0 Å². The molecule has 0 atom stereocenters. The average Bonchev–Trinajstić information content (AvgIpc) is 2.23. The smallest absolute Gasteiger partial charge is 0.421 e. The predicted molar refractivity (Wildman–Crippen MR) is 70.0 cm³/mol. The summed E-state index contributed by atoms with van der Waals surface area (Å²) in [6, 6.07) is 4.96. The summed E-state index contributed by atoms with van der Waals surface area (Å²) in [5, 5.41) is 0.592. The topological polar surface area (TPSA) is 35.5 Å². The first-order valence-electron chi connectivity index (χ1n) is 4.32. The summed E-state index contributed by atoms with van der Waals surface area (Å²) in [6.45, 7) is 1.81. The van der Waals surface area contributed by atoms with Crippen molar-refractivity contribution >= 4 is 40.3 Å².